The standard InChI is InChI=1S/C15H19N5O/c1-2-10(9-4-3-5-20(8-9)15(17)21)13-11-6-18-14(11)19-7-12(13)16/h2,6-7,9H,3-5,8,16H2,1H3,(H2,17,21). The molecule has 2 aliphatic rings. The van der Waals surface area contributed by atoms with E-state index in [0.717, 1.165) is 41.2 Å². The summed E-state index contributed by atoms with van der Waals surface area (Å²) in [5, 5.41) is 0.999. The minimum absolute atomic E-state index is 0.249. The lowest BCUT2D eigenvalue weighted by atomic mass is 9.85. The molecule has 3 rings (SSSR count). The number of nitrogens with two attached hydrogens (primary N) is 2. The number of nitrogen functional groups attached to an aromatic ring is 1. The second-order valence-electron chi connectivity index (χ2n) is 5.45. The van der Waals surface area contributed by atoms with Crippen LogP contribution in [0.25, 0.3) is 11.8 Å². The SMILES string of the molecule is CC=C(c1c(N)cnc2c1=CN=2)C1CCCN(C(N)=O)C1. The van der Waals surface area contributed by atoms with Crippen molar-refractivity contribution >= 4 is 23.5 Å². The van der Waals surface area contributed by atoms with E-state index in [1.807, 2.05) is 6.92 Å². The van der Waals surface area contributed by atoms with E-state index in [9.17, 15) is 4.79 Å². The maximum atomic E-state index is 11.4. The molecule has 110 valence electrons. The van der Waals surface area contributed by atoms with Gasteiger partial charge in [0.15, 0.2) is 5.49 Å². The summed E-state index contributed by atoms with van der Waals surface area (Å²) in [5.74, 6) is 0.249. The number of allylic oxidation sites excluding steroid dienone is 1. The molecule has 0 bridgehead atoms. The van der Waals surface area contributed by atoms with Crippen molar-refractivity contribution in [1.29, 1.82) is 0 Å². The summed E-state index contributed by atoms with van der Waals surface area (Å²) in [6, 6.07) is -0.354. The molecule has 1 atom stereocenters. The van der Waals surface area contributed by atoms with E-state index in [0.29, 0.717) is 12.2 Å². The molecule has 0 radical (unpaired) electrons. The summed E-state index contributed by atoms with van der Waals surface area (Å²) in [6.07, 6.45) is 7.51. The molecule has 6 heteroatoms. The van der Waals surface area contributed by atoms with Gasteiger partial charge in [0.1, 0.15) is 0 Å². The number of rotatable bonds is 2. The molecule has 3 heterocycles. The lowest BCUT2D eigenvalue weighted by Gasteiger charge is -2.33. The Morgan fingerprint density at radius 3 is 2.95 bits per heavy atom. The number of urea groups is 1. The van der Waals surface area contributed by atoms with Crippen LogP contribution in [0.5, 0.6) is 0 Å². The van der Waals surface area contributed by atoms with Crippen LogP contribution in [0.3, 0.4) is 0 Å². The van der Waals surface area contributed by atoms with Crippen LogP contribution in [0.1, 0.15) is 25.3 Å². The number of piperidine rings is 1. The quantitative estimate of drug-likeness (QED) is 0.813. The molecule has 6 nitrogen and oxygen atoms in total. The molecule has 1 unspecified atom stereocenters. The average Bonchev–Trinajstić information content (AvgIpc) is 2.44. The molecular formula is C15H19N5O. The predicted molar refractivity (Wildman–Crippen MR) is 81.4 cm³/mol. The van der Waals surface area contributed by atoms with Crippen molar-refractivity contribution < 1.29 is 4.79 Å². The van der Waals surface area contributed by atoms with E-state index >= 15 is 0 Å². The van der Waals surface area contributed by atoms with Crippen molar-refractivity contribution in [3.8, 4) is 0 Å². The van der Waals surface area contributed by atoms with Crippen LogP contribution in [0.2, 0.25) is 0 Å². The number of carbonyl (C=O) groups excluding carboxylic acids is 1. The zero-order valence-electron chi connectivity index (χ0n) is 12.0. The van der Waals surface area contributed by atoms with Gasteiger partial charge in [0, 0.05) is 36.0 Å². The molecule has 1 fully saturated rings. The van der Waals surface area contributed by atoms with Gasteiger partial charge in [0.05, 0.1) is 11.9 Å². The van der Waals surface area contributed by atoms with Gasteiger partial charge in [0.25, 0.3) is 0 Å². The number of hydrogen-bond acceptors (Lipinski definition) is 4. The minimum atomic E-state index is -0.354. The zero-order valence-corrected chi connectivity index (χ0v) is 12.0. The van der Waals surface area contributed by atoms with Crippen LogP contribution < -0.4 is 22.2 Å². The smallest absolute Gasteiger partial charge is 0.314 e. The van der Waals surface area contributed by atoms with Crippen LogP contribution in [-0.4, -0.2) is 29.0 Å². The van der Waals surface area contributed by atoms with E-state index < -0.39 is 0 Å². The lowest BCUT2D eigenvalue weighted by Crippen LogP contribution is -2.44. The van der Waals surface area contributed by atoms with Gasteiger partial charge in [-0.1, -0.05) is 6.08 Å². The molecule has 0 aromatic carbocycles. The third kappa shape index (κ3) is 2.26. The first-order valence-electron chi connectivity index (χ1n) is 7.15. The molecule has 2 aliphatic heterocycles. The molecule has 1 saturated heterocycles. The summed E-state index contributed by atoms with van der Waals surface area (Å²) < 4.78 is 0. The molecule has 1 aromatic rings. The molecule has 1 aromatic heterocycles. The van der Waals surface area contributed by atoms with Crippen LogP contribution in [0.4, 0.5) is 10.5 Å². The molecule has 2 amide bonds. The van der Waals surface area contributed by atoms with Crippen molar-refractivity contribution in [2.75, 3.05) is 18.8 Å². The number of hydrogen-bond donors (Lipinski definition) is 2. The second kappa shape index (κ2) is 5.20. The fraction of sp³-hybridized carbons (Fsp3) is 0.400. The maximum Gasteiger partial charge on any atom is 0.314 e. The molecule has 21 heavy (non-hydrogen) atoms. The first-order valence-corrected chi connectivity index (χ1v) is 7.15. The average molecular weight is 285 g/mol. The van der Waals surface area contributed by atoms with Gasteiger partial charge in [-0.05, 0) is 25.3 Å². The Bertz CT molecular complexity index is 737. The van der Waals surface area contributed by atoms with Gasteiger partial charge in [-0.2, -0.15) is 0 Å². The molecule has 0 aliphatic carbocycles. The van der Waals surface area contributed by atoms with Crippen LogP contribution >= 0.6 is 0 Å². The van der Waals surface area contributed by atoms with Crippen molar-refractivity contribution in [3.63, 3.8) is 0 Å². The monoisotopic (exact) mass is 285 g/mol. The largest absolute Gasteiger partial charge is 0.397 e. The molecule has 0 saturated carbocycles. The number of likely N-dealkylation sites (tertiary alicyclic amines) is 1. The summed E-state index contributed by atoms with van der Waals surface area (Å²) in [6.45, 7) is 3.37. The van der Waals surface area contributed by atoms with Crippen LogP contribution in [0.15, 0.2) is 17.3 Å². The highest BCUT2D eigenvalue weighted by molar-refractivity contribution is 5.78. The first kappa shape index (κ1) is 13.6. The third-order valence-corrected chi connectivity index (χ3v) is 4.21. The van der Waals surface area contributed by atoms with Gasteiger partial charge in [0.2, 0.25) is 0 Å². The maximum absolute atomic E-state index is 11.4. The van der Waals surface area contributed by atoms with Crippen molar-refractivity contribution in [3.05, 3.63) is 28.5 Å². The van der Waals surface area contributed by atoms with Gasteiger partial charge in [-0.25, -0.2) is 14.8 Å². The number of anilines is 1. The Morgan fingerprint density at radius 1 is 1.52 bits per heavy atom. The van der Waals surface area contributed by atoms with Crippen molar-refractivity contribution in [1.82, 2.24) is 9.88 Å². The highest BCUT2D eigenvalue weighted by Gasteiger charge is 2.27. The van der Waals surface area contributed by atoms with Gasteiger partial charge >= 0.3 is 6.03 Å². The van der Waals surface area contributed by atoms with Crippen LogP contribution in [-0.2, 0) is 0 Å². The fourth-order valence-electron chi connectivity index (χ4n) is 3.15. The highest BCUT2D eigenvalue weighted by Crippen LogP contribution is 2.31. The first-order chi connectivity index (χ1) is 10.1. The Balaban J connectivity index is 1.98. The number of amides is 2. The topological polar surface area (TPSA) is 97.6 Å². The number of primary amides is 1. The molecule has 0 spiro atoms. The Hall–Kier alpha value is -2.37. The van der Waals surface area contributed by atoms with Crippen LogP contribution in [0, 0.1) is 5.92 Å². The van der Waals surface area contributed by atoms with Gasteiger partial charge in [-0.15, -0.1) is 0 Å². The summed E-state index contributed by atoms with van der Waals surface area (Å²) >= 11 is 0. The fourth-order valence-corrected chi connectivity index (χ4v) is 3.15. The summed E-state index contributed by atoms with van der Waals surface area (Å²) in [4.78, 5) is 21.5. The third-order valence-electron chi connectivity index (χ3n) is 4.21. The number of aromatic nitrogens is 1. The highest BCUT2D eigenvalue weighted by atomic mass is 16.2. The number of nitrogens with zero attached hydrogens (tertiary/aromatic N) is 3. The number of pyridine rings is 1. The normalized spacial score (nSPS) is 20.9. The van der Waals surface area contributed by atoms with E-state index in [-0.39, 0.29) is 11.9 Å². The minimum Gasteiger partial charge on any atom is -0.397 e. The Kier molecular flexibility index (Phi) is 3.37. The van der Waals surface area contributed by atoms with Crippen molar-refractivity contribution in [2.24, 2.45) is 16.6 Å². The summed E-state index contributed by atoms with van der Waals surface area (Å²) in [5.41, 5.74) is 15.1. The van der Waals surface area contributed by atoms with E-state index in [4.69, 9.17) is 11.5 Å². The van der Waals surface area contributed by atoms with Gasteiger partial charge < -0.3 is 16.4 Å². The van der Waals surface area contributed by atoms with E-state index in [2.05, 4.69) is 16.1 Å². The number of fused-ring (bicyclic) bond motifs is 1. The number of carbonyl (C=O) groups is 1. The summed E-state index contributed by atoms with van der Waals surface area (Å²) in [7, 11) is 0. The lowest BCUT2D eigenvalue weighted by molar-refractivity contribution is 0.186. The molecular weight excluding hydrogens is 266 g/mol. The van der Waals surface area contributed by atoms with Gasteiger partial charge in [-0.3, -0.25) is 0 Å². The zero-order chi connectivity index (χ0) is 15.0. The van der Waals surface area contributed by atoms with E-state index in [1.54, 1.807) is 17.3 Å². The molecule has 4 N–H and O–H groups in total. The predicted octanol–water partition coefficient (Wildman–Crippen LogP) is 0.229. The second-order valence-corrected chi connectivity index (χ2v) is 5.45. The Morgan fingerprint density at radius 2 is 2.33 bits per heavy atom. The Labute approximate surface area is 122 Å². The van der Waals surface area contributed by atoms with Crippen molar-refractivity contribution in [2.45, 2.75) is 19.8 Å². The van der Waals surface area contributed by atoms with E-state index in [1.165, 1.54) is 0 Å².